The zero-order valence-corrected chi connectivity index (χ0v) is 43.6. The van der Waals surface area contributed by atoms with Crippen molar-refractivity contribution in [1.82, 2.24) is 5.32 Å². The molecular weight excluding hydrogens is 783 g/mol. The molecule has 2 unspecified atom stereocenters. The van der Waals surface area contributed by atoms with Gasteiger partial charge in [0.25, 0.3) is 0 Å². The van der Waals surface area contributed by atoms with E-state index < -0.39 is 12.1 Å². The van der Waals surface area contributed by atoms with E-state index in [4.69, 9.17) is 0 Å². The van der Waals surface area contributed by atoms with Gasteiger partial charge in [-0.3, -0.25) is 4.79 Å². The highest BCUT2D eigenvalue weighted by Gasteiger charge is 2.18. The molecule has 0 aromatic rings. The summed E-state index contributed by atoms with van der Waals surface area (Å²) < 4.78 is 0. The van der Waals surface area contributed by atoms with Crippen molar-refractivity contribution >= 4 is 5.91 Å². The molecule has 64 heavy (non-hydrogen) atoms. The van der Waals surface area contributed by atoms with Crippen LogP contribution in [0.25, 0.3) is 0 Å². The van der Waals surface area contributed by atoms with E-state index in [2.05, 4.69) is 43.5 Å². The fourth-order valence-electron chi connectivity index (χ4n) is 9.14. The Labute approximate surface area is 402 Å². The molecule has 0 aromatic heterocycles. The minimum atomic E-state index is -0.867. The van der Waals surface area contributed by atoms with E-state index in [1.165, 1.54) is 263 Å². The first-order chi connectivity index (χ1) is 31.7. The van der Waals surface area contributed by atoms with Crippen LogP contribution in [-0.2, 0) is 4.79 Å². The summed E-state index contributed by atoms with van der Waals surface area (Å²) in [6.07, 6.45) is 76.4. The number of unbranched alkanes of at least 4 members (excludes halogenated alkanes) is 43. The van der Waals surface area contributed by atoms with Gasteiger partial charge in [0.2, 0.25) is 5.91 Å². The van der Waals surface area contributed by atoms with Gasteiger partial charge in [-0.2, -0.15) is 0 Å². The van der Waals surface area contributed by atoms with Crippen molar-refractivity contribution in [3.05, 3.63) is 36.5 Å². The van der Waals surface area contributed by atoms with E-state index in [0.29, 0.717) is 6.42 Å². The number of carbonyl (C=O) groups excluding carboxylic acids is 1. The zero-order valence-electron chi connectivity index (χ0n) is 43.6. The largest absolute Gasteiger partial charge is 0.394 e. The molecule has 0 heterocycles. The lowest BCUT2D eigenvalue weighted by Gasteiger charge is -2.19. The molecule has 4 heteroatoms. The van der Waals surface area contributed by atoms with Crippen LogP contribution in [0.5, 0.6) is 0 Å². The number of aliphatic hydroxyl groups excluding tert-OH is 2. The maximum absolute atomic E-state index is 12.4. The van der Waals surface area contributed by atoms with Gasteiger partial charge >= 0.3 is 0 Å². The minimum Gasteiger partial charge on any atom is -0.394 e. The second kappa shape index (κ2) is 55.9. The molecule has 0 rings (SSSR count). The third-order valence-corrected chi connectivity index (χ3v) is 13.6. The average molecular weight is 899 g/mol. The van der Waals surface area contributed by atoms with Gasteiger partial charge in [-0.25, -0.2) is 0 Å². The Bertz CT molecular complexity index is 974. The van der Waals surface area contributed by atoms with Crippen molar-refractivity contribution in [3.8, 4) is 0 Å². The minimum absolute atomic E-state index is 0.0742. The molecule has 0 aromatic carbocycles. The van der Waals surface area contributed by atoms with Crippen LogP contribution in [0, 0.1) is 0 Å². The lowest BCUT2D eigenvalue weighted by Crippen LogP contribution is -2.45. The zero-order chi connectivity index (χ0) is 46.3. The molecule has 1 amide bonds. The van der Waals surface area contributed by atoms with Gasteiger partial charge in [0, 0.05) is 6.42 Å². The highest BCUT2D eigenvalue weighted by molar-refractivity contribution is 5.76. The van der Waals surface area contributed by atoms with E-state index in [-0.39, 0.29) is 12.5 Å². The number of rotatable bonds is 54. The topological polar surface area (TPSA) is 69.6 Å². The second-order valence-corrected chi connectivity index (χ2v) is 20.1. The molecule has 0 saturated carbocycles. The second-order valence-electron chi connectivity index (χ2n) is 20.1. The number of allylic oxidation sites excluding steroid dienone is 5. The van der Waals surface area contributed by atoms with Gasteiger partial charge < -0.3 is 15.5 Å². The van der Waals surface area contributed by atoms with Crippen molar-refractivity contribution in [1.29, 1.82) is 0 Å². The molecule has 378 valence electrons. The maximum atomic E-state index is 12.4. The first-order valence-electron chi connectivity index (χ1n) is 29.2. The summed E-state index contributed by atoms with van der Waals surface area (Å²) in [6, 6.07) is -0.642. The number of nitrogens with one attached hydrogen (secondary N) is 1. The predicted molar refractivity (Wildman–Crippen MR) is 285 cm³/mol. The van der Waals surface area contributed by atoms with Gasteiger partial charge in [-0.15, -0.1) is 0 Å². The molecule has 0 saturated heterocycles. The Hall–Kier alpha value is -1.39. The number of aliphatic hydroxyl groups is 2. The molecular formula is C60H115NO3. The summed E-state index contributed by atoms with van der Waals surface area (Å²) >= 11 is 0. The van der Waals surface area contributed by atoms with Crippen molar-refractivity contribution in [2.75, 3.05) is 6.61 Å². The first kappa shape index (κ1) is 62.6. The summed E-state index contributed by atoms with van der Waals surface area (Å²) in [7, 11) is 0. The molecule has 0 aliphatic carbocycles. The van der Waals surface area contributed by atoms with Crippen molar-refractivity contribution < 1.29 is 15.0 Å². The van der Waals surface area contributed by atoms with Crippen LogP contribution in [0.3, 0.4) is 0 Å². The summed E-state index contributed by atoms with van der Waals surface area (Å²) in [5.41, 5.74) is 0. The fourth-order valence-corrected chi connectivity index (χ4v) is 9.14. The van der Waals surface area contributed by atoms with E-state index in [0.717, 1.165) is 38.5 Å². The highest BCUT2D eigenvalue weighted by Crippen LogP contribution is 2.18. The normalized spacial score (nSPS) is 13.0. The Morgan fingerprint density at radius 1 is 0.359 bits per heavy atom. The van der Waals surface area contributed by atoms with E-state index in [1.807, 2.05) is 6.08 Å². The van der Waals surface area contributed by atoms with Crippen LogP contribution >= 0.6 is 0 Å². The Morgan fingerprint density at radius 3 is 0.891 bits per heavy atom. The molecule has 0 radical (unpaired) electrons. The van der Waals surface area contributed by atoms with Crippen LogP contribution < -0.4 is 5.32 Å². The Balaban J connectivity index is 3.34. The molecule has 2 atom stereocenters. The van der Waals surface area contributed by atoms with Gasteiger partial charge in [-0.1, -0.05) is 314 Å². The first-order valence-corrected chi connectivity index (χ1v) is 29.2. The molecule has 0 bridgehead atoms. The van der Waals surface area contributed by atoms with E-state index in [9.17, 15) is 15.0 Å². The average Bonchev–Trinajstić information content (AvgIpc) is 3.30. The van der Waals surface area contributed by atoms with E-state index in [1.54, 1.807) is 6.08 Å². The lowest BCUT2D eigenvalue weighted by atomic mass is 10.0. The summed E-state index contributed by atoms with van der Waals surface area (Å²) in [5, 5.41) is 23.0. The van der Waals surface area contributed by atoms with Gasteiger partial charge in [0.1, 0.15) is 0 Å². The maximum Gasteiger partial charge on any atom is 0.220 e. The van der Waals surface area contributed by atoms with Gasteiger partial charge in [0.05, 0.1) is 18.8 Å². The summed E-state index contributed by atoms with van der Waals surface area (Å²) in [4.78, 5) is 12.4. The van der Waals surface area contributed by atoms with Crippen molar-refractivity contribution in [3.63, 3.8) is 0 Å². The monoisotopic (exact) mass is 898 g/mol. The predicted octanol–water partition coefficient (Wildman–Crippen LogP) is 19.3. The highest BCUT2D eigenvalue weighted by atomic mass is 16.3. The quantitative estimate of drug-likeness (QED) is 0.0421. The third kappa shape index (κ3) is 51.6. The van der Waals surface area contributed by atoms with Crippen LogP contribution in [0.15, 0.2) is 36.5 Å². The SMILES string of the molecule is CCCC/C=C/CC/C=C/CC/C=C/C(O)C(CO)NC(=O)CCCCCCCCCCCCCCCCCCCCCCCCCCCCCCCCCCCCCCCCCC. The molecule has 0 aliphatic rings. The number of hydrogen-bond donors (Lipinski definition) is 3. The van der Waals surface area contributed by atoms with Crippen LogP contribution in [0.2, 0.25) is 0 Å². The van der Waals surface area contributed by atoms with E-state index >= 15 is 0 Å². The smallest absolute Gasteiger partial charge is 0.220 e. The third-order valence-electron chi connectivity index (χ3n) is 13.6. The number of amides is 1. The Kier molecular flexibility index (Phi) is 54.7. The standard InChI is InChI=1S/C60H115NO3/c1-3-5-7-9-11-13-15-17-18-19-20-21-22-23-24-25-26-27-28-29-30-31-32-33-34-35-36-37-38-39-40-41-42-43-44-46-48-50-52-54-56-60(64)61-58(57-62)59(63)55-53-51-49-47-45-16-14-12-10-8-6-4-2/h10,12,45,47,53,55,58-59,62-63H,3-9,11,13-44,46,48-52,54,56-57H2,1-2H3,(H,61,64)/b12-10+,47-45+,55-53+. The number of hydrogen-bond acceptors (Lipinski definition) is 3. The van der Waals surface area contributed by atoms with Crippen molar-refractivity contribution in [2.24, 2.45) is 0 Å². The summed E-state index contributed by atoms with van der Waals surface area (Å²) in [5.74, 6) is -0.0742. The molecule has 4 nitrogen and oxygen atoms in total. The van der Waals surface area contributed by atoms with Crippen molar-refractivity contribution in [2.45, 2.75) is 334 Å². The molecule has 0 spiro atoms. The molecule has 0 fully saturated rings. The molecule has 0 aliphatic heterocycles. The van der Waals surface area contributed by atoms with Gasteiger partial charge in [0.15, 0.2) is 0 Å². The summed E-state index contributed by atoms with van der Waals surface area (Å²) in [6.45, 7) is 4.27. The van der Waals surface area contributed by atoms with Gasteiger partial charge in [-0.05, 0) is 38.5 Å². The Morgan fingerprint density at radius 2 is 0.609 bits per heavy atom. The van der Waals surface area contributed by atoms with Crippen LogP contribution in [0.1, 0.15) is 322 Å². The fraction of sp³-hybridized carbons (Fsp3) is 0.883. The molecule has 3 N–H and O–H groups in total. The number of carbonyl (C=O) groups is 1. The van der Waals surface area contributed by atoms with Crippen LogP contribution in [-0.4, -0.2) is 34.9 Å². The lowest BCUT2D eigenvalue weighted by molar-refractivity contribution is -0.123. The van der Waals surface area contributed by atoms with Crippen LogP contribution in [0.4, 0.5) is 0 Å².